The van der Waals surface area contributed by atoms with Crippen molar-refractivity contribution in [3.8, 4) is 0 Å². The van der Waals surface area contributed by atoms with Crippen molar-refractivity contribution in [3.63, 3.8) is 0 Å². The fourth-order valence-electron chi connectivity index (χ4n) is 2.72. The van der Waals surface area contributed by atoms with Crippen molar-refractivity contribution in [2.75, 3.05) is 13.6 Å². The lowest BCUT2D eigenvalue weighted by Gasteiger charge is -2.21. The highest BCUT2D eigenvalue weighted by Gasteiger charge is 2.27. The molecule has 0 radical (unpaired) electrons. The molecule has 21 heavy (non-hydrogen) atoms. The molecule has 4 nitrogen and oxygen atoms in total. The Hall–Kier alpha value is -0.690. The number of sulfonamides is 1. The zero-order valence-electron chi connectivity index (χ0n) is 11.8. The maximum Gasteiger partial charge on any atom is 0.242 e. The van der Waals surface area contributed by atoms with Crippen LogP contribution >= 0.6 is 11.6 Å². The van der Waals surface area contributed by atoms with E-state index in [1.54, 1.807) is 0 Å². The molecule has 1 aromatic carbocycles. The normalized spacial score (nSPS) is 16.8. The van der Waals surface area contributed by atoms with Gasteiger partial charge >= 0.3 is 0 Å². The van der Waals surface area contributed by atoms with Gasteiger partial charge in [0.25, 0.3) is 0 Å². The summed E-state index contributed by atoms with van der Waals surface area (Å²) in [6.07, 6.45) is 4.30. The van der Waals surface area contributed by atoms with Crippen molar-refractivity contribution in [1.82, 2.24) is 4.31 Å². The molecule has 0 saturated heterocycles. The zero-order chi connectivity index (χ0) is 15.6. The number of benzene rings is 1. The van der Waals surface area contributed by atoms with Gasteiger partial charge in [0.2, 0.25) is 10.0 Å². The molecule has 1 N–H and O–H groups in total. The third-order valence-corrected chi connectivity index (χ3v) is 6.17. The molecule has 0 heterocycles. The number of hydrogen-bond donors (Lipinski definition) is 1. The lowest BCUT2D eigenvalue weighted by Crippen LogP contribution is -2.31. The Bertz CT molecular complexity index is 615. The maximum absolute atomic E-state index is 13.7. The van der Waals surface area contributed by atoms with E-state index in [0.29, 0.717) is 12.5 Å². The van der Waals surface area contributed by atoms with Gasteiger partial charge in [-0.25, -0.2) is 17.1 Å². The fourth-order valence-corrected chi connectivity index (χ4v) is 4.20. The van der Waals surface area contributed by atoms with E-state index < -0.39 is 22.4 Å². The molecule has 1 aliphatic rings. The first-order valence-corrected chi connectivity index (χ1v) is 8.73. The second-order valence-electron chi connectivity index (χ2n) is 5.47. The predicted octanol–water partition coefficient (Wildman–Crippen LogP) is 2.78. The maximum atomic E-state index is 13.7. The number of aliphatic hydroxyl groups excluding tert-OH is 1. The van der Waals surface area contributed by atoms with Crippen LogP contribution in [-0.4, -0.2) is 31.4 Å². The van der Waals surface area contributed by atoms with Crippen molar-refractivity contribution < 1.29 is 17.9 Å². The number of halogens is 2. The minimum Gasteiger partial charge on any atom is -0.392 e. The van der Waals surface area contributed by atoms with Crippen molar-refractivity contribution in [2.24, 2.45) is 5.92 Å². The number of hydrogen-bond acceptors (Lipinski definition) is 3. The van der Waals surface area contributed by atoms with Crippen LogP contribution in [-0.2, 0) is 16.6 Å². The van der Waals surface area contributed by atoms with Gasteiger partial charge < -0.3 is 5.11 Å². The highest BCUT2D eigenvalue weighted by atomic mass is 35.5. The van der Waals surface area contributed by atoms with Crippen LogP contribution in [0.15, 0.2) is 17.0 Å². The van der Waals surface area contributed by atoms with Gasteiger partial charge in [-0.05, 0) is 30.9 Å². The molecule has 1 fully saturated rings. The van der Waals surface area contributed by atoms with Gasteiger partial charge in [-0.3, -0.25) is 0 Å². The monoisotopic (exact) mass is 335 g/mol. The summed E-state index contributed by atoms with van der Waals surface area (Å²) in [6.45, 7) is -0.0769. The van der Waals surface area contributed by atoms with Crippen LogP contribution in [0.5, 0.6) is 0 Å². The largest absolute Gasteiger partial charge is 0.392 e. The quantitative estimate of drug-likeness (QED) is 0.900. The van der Waals surface area contributed by atoms with Crippen molar-refractivity contribution >= 4 is 21.6 Å². The van der Waals surface area contributed by atoms with E-state index >= 15 is 0 Å². The van der Waals surface area contributed by atoms with E-state index in [-0.39, 0.29) is 15.5 Å². The SMILES string of the molecule is CN(CC1CCCC1)S(=O)(=O)c1cc(F)c(Cl)c(CO)c1. The molecule has 118 valence electrons. The van der Waals surface area contributed by atoms with Crippen LogP contribution < -0.4 is 0 Å². The highest BCUT2D eigenvalue weighted by molar-refractivity contribution is 7.89. The van der Waals surface area contributed by atoms with E-state index in [1.165, 1.54) is 17.4 Å². The standard InChI is InChI=1S/C14H19ClFNO3S/c1-17(8-10-4-2-3-5-10)21(19,20)12-6-11(9-18)14(15)13(16)7-12/h6-7,10,18H,2-5,8-9H2,1H3. The summed E-state index contributed by atoms with van der Waals surface area (Å²) >= 11 is 5.69. The van der Waals surface area contributed by atoms with Gasteiger partial charge in [-0.15, -0.1) is 0 Å². The Labute approximate surface area is 129 Å². The molecular formula is C14H19ClFNO3S. The van der Waals surface area contributed by atoms with Gasteiger partial charge in [0.05, 0.1) is 16.5 Å². The Kier molecular flexibility index (Phi) is 5.24. The molecule has 1 aromatic rings. The van der Waals surface area contributed by atoms with Crippen LogP contribution in [0.1, 0.15) is 31.2 Å². The molecular weight excluding hydrogens is 317 g/mol. The van der Waals surface area contributed by atoms with Crippen molar-refractivity contribution in [1.29, 1.82) is 0 Å². The van der Waals surface area contributed by atoms with Gasteiger partial charge in [-0.2, -0.15) is 0 Å². The minimum absolute atomic E-state index is 0.0736. The second kappa shape index (κ2) is 6.60. The number of aliphatic hydroxyl groups is 1. The molecule has 2 rings (SSSR count). The molecule has 0 aliphatic heterocycles. The molecule has 0 unspecified atom stereocenters. The average Bonchev–Trinajstić information content (AvgIpc) is 2.94. The van der Waals surface area contributed by atoms with Gasteiger partial charge in [0, 0.05) is 19.2 Å². The van der Waals surface area contributed by atoms with Crippen molar-refractivity contribution in [3.05, 3.63) is 28.5 Å². The summed E-state index contributed by atoms with van der Waals surface area (Å²) in [5.41, 5.74) is 0.0736. The summed E-state index contributed by atoms with van der Waals surface area (Å²) in [6, 6.07) is 2.13. The summed E-state index contributed by atoms with van der Waals surface area (Å²) in [7, 11) is -2.28. The van der Waals surface area contributed by atoms with Crippen LogP contribution in [0.3, 0.4) is 0 Å². The predicted molar refractivity (Wildman–Crippen MR) is 79.1 cm³/mol. The van der Waals surface area contributed by atoms with E-state index in [4.69, 9.17) is 16.7 Å². The highest BCUT2D eigenvalue weighted by Crippen LogP contribution is 2.29. The Morgan fingerprint density at radius 3 is 2.57 bits per heavy atom. The van der Waals surface area contributed by atoms with E-state index in [9.17, 15) is 12.8 Å². The fraction of sp³-hybridized carbons (Fsp3) is 0.571. The second-order valence-corrected chi connectivity index (χ2v) is 7.90. The van der Waals surface area contributed by atoms with Gasteiger partial charge in [-0.1, -0.05) is 24.4 Å². The molecule has 0 bridgehead atoms. The van der Waals surface area contributed by atoms with Crippen LogP contribution in [0, 0.1) is 11.7 Å². The lowest BCUT2D eigenvalue weighted by molar-refractivity contribution is 0.281. The van der Waals surface area contributed by atoms with Crippen LogP contribution in [0.4, 0.5) is 4.39 Å². The Morgan fingerprint density at radius 2 is 2.00 bits per heavy atom. The molecule has 0 aromatic heterocycles. The third kappa shape index (κ3) is 3.56. The first-order chi connectivity index (χ1) is 9.86. The molecule has 1 saturated carbocycles. The van der Waals surface area contributed by atoms with Crippen LogP contribution in [0.25, 0.3) is 0 Å². The van der Waals surface area contributed by atoms with E-state index in [0.717, 1.165) is 31.7 Å². The number of nitrogens with zero attached hydrogens (tertiary/aromatic N) is 1. The summed E-state index contributed by atoms with van der Waals surface area (Å²) in [4.78, 5) is -0.172. The molecule has 0 spiro atoms. The lowest BCUT2D eigenvalue weighted by atomic mass is 10.1. The first-order valence-electron chi connectivity index (χ1n) is 6.91. The summed E-state index contributed by atoms with van der Waals surface area (Å²) in [5, 5.41) is 8.90. The first kappa shape index (κ1) is 16.7. The van der Waals surface area contributed by atoms with E-state index in [1.807, 2.05) is 0 Å². The average molecular weight is 336 g/mol. The minimum atomic E-state index is -3.77. The Balaban J connectivity index is 2.27. The smallest absolute Gasteiger partial charge is 0.242 e. The van der Waals surface area contributed by atoms with E-state index in [2.05, 4.69) is 0 Å². The molecule has 1 aliphatic carbocycles. The Morgan fingerprint density at radius 1 is 1.38 bits per heavy atom. The van der Waals surface area contributed by atoms with Gasteiger partial charge in [0.1, 0.15) is 5.82 Å². The molecule has 0 atom stereocenters. The van der Waals surface area contributed by atoms with Gasteiger partial charge in [0.15, 0.2) is 0 Å². The summed E-state index contributed by atoms with van der Waals surface area (Å²) < 4.78 is 39.9. The number of rotatable bonds is 5. The zero-order valence-corrected chi connectivity index (χ0v) is 13.4. The van der Waals surface area contributed by atoms with Crippen molar-refractivity contribution in [2.45, 2.75) is 37.2 Å². The molecule has 0 amide bonds. The summed E-state index contributed by atoms with van der Waals surface area (Å²) in [5.74, 6) is -0.477. The topological polar surface area (TPSA) is 57.6 Å². The third-order valence-electron chi connectivity index (χ3n) is 3.95. The van der Waals surface area contributed by atoms with Crippen LogP contribution in [0.2, 0.25) is 5.02 Å². The molecule has 7 heteroatoms.